The van der Waals surface area contributed by atoms with Crippen molar-refractivity contribution in [1.82, 2.24) is 14.1 Å². The highest BCUT2D eigenvalue weighted by Gasteiger charge is 2.20. The number of nitrogens with zero attached hydrogens (tertiary/aromatic N) is 2. The summed E-state index contributed by atoms with van der Waals surface area (Å²) in [6, 6.07) is 4.60. The van der Waals surface area contributed by atoms with Crippen molar-refractivity contribution in [3.05, 3.63) is 34.6 Å². The molecule has 0 radical (unpaired) electrons. The second-order valence-corrected chi connectivity index (χ2v) is 9.54. The van der Waals surface area contributed by atoms with Crippen LogP contribution in [0.15, 0.2) is 23.1 Å². The van der Waals surface area contributed by atoms with E-state index in [4.69, 9.17) is 11.6 Å². The summed E-state index contributed by atoms with van der Waals surface area (Å²) in [6.07, 6.45) is 1.30. The first-order chi connectivity index (χ1) is 11.1. The van der Waals surface area contributed by atoms with Crippen LogP contribution in [0.3, 0.4) is 0 Å². The summed E-state index contributed by atoms with van der Waals surface area (Å²) in [6.45, 7) is 1.74. The summed E-state index contributed by atoms with van der Waals surface area (Å²) in [5.74, 6) is 0.344. The number of benzene rings is 1. The lowest BCUT2D eigenvalue weighted by Gasteiger charge is -2.08. The second-order valence-electron chi connectivity index (χ2n) is 4.90. The van der Waals surface area contributed by atoms with Crippen molar-refractivity contribution in [2.45, 2.75) is 18.2 Å². The zero-order valence-corrected chi connectivity index (χ0v) is 16.0. The van der Waals surface area contributed by atoms with Gasteiger partial charge < -0.3 is 0 Å². The van der Waals surface area contributed by atoms with Crippen LogP contribution in [-0.4, -0.2) is 39.0 Å². The van der Waals surface area contributed by atoms with E-state index in [-0.39, 0.29) is 23.0 Å². The molecule has 2 rings (SSSR count). The molecule has 2 aromatic rings. The van der Waals surface area contributed by atoms with Gasteiger partial charge in [-0.2, -0.15) is 4.37 Å². The highest BCUT2D eigenvalue weighted by Crippen LogP contribution is 2.25. The number of nitrogens with one attached hydrogen (secondary N) is 2. The van der Waals surface area contributed by atoms with Crippen LogP contribution in [0, 0.1) is 6.92 Å². The van der Waals surface area contributed by atoms with Crippen molar-refractivity contribution in [3.63, 3.8) is 0 Å². The third-order valence-electron chi connectivity index (χ3n) is 2.91. The molecular formula is C12H15ClN4O4S3. The van der Waals surface area contributed by atoms with Gasteiger partial charge in [-0.25, -0.2) is 26.5 Å². The first kappa shape index (κ1) is 19.1. The molecule has 0 unspecified atom stereocenters. The fraction of sp³-hybridized carbons (Fsp3) is 0.333. The van der Waals surface area contributed by atoms with Gasteiger partial charge in [0.25, 0.3) is 10.0 Å². The van der Waals surface area contributed by atoms with Crippen molar-refractivity contribution in [2.75, 3.05) is 17.5 Å². The van der Waals surface area contributed by atoms with Gasteiger partial charge in [0.1, 0.15) is 5.82 Å². The van der Waals surface area contributed by atoms with Gasteiger partial charge in [0.15, 0.2) is 0 Å². The number of sulfonamides is 2. The van der Waals surface area contributed by atoms with Gasteiger partial charge in [-0.3, -0.25) is 4.72 Å². The molecule has 0 aliphatic heterocycles. The van der Waals surface area contributed by atoms with Gasteiger partial charge in [0.2, 0.25) is 15.2 Å². The smallest absolute Gasteiger partial charge is 0.253 e. The maximum Gasteiger partial charge on any atom is 0.264 e. The van der Waals surface area contributed by atoms with E-state index in [0.717, 1.165) is 17.8 Å². The zero-order valence-electron chi connectivity index (χ0n) is 12.8. The standard InChI is InChI=1S/C12H15ClN4O4S3/c1-8-9(13)4-3-5-10(8)24(20,21)17-12-15-11(16-22-12)6-7-14-23(2,18)19/h3-5,14H,6-7H2,1-2H3,(H,15,16,17). The number of hydrogen-bond acceptors (Lipinski definition) is 7. The molecule has 1 aromatic carbocycles. The van der Waals surface area contributed by atoms with Gasteiger partial charge in [-0.1, -0.05) is 17.7 Å². The molecule has 132 valence electrons. The summed E-state index contributed by atoms with van der Waals surface area (Å²) >= 11 is 6.82. The molecule has 8 nitrogen and oxygen atoms in total. The minimum absolute atomic E-state index is 0.0606. The maximum atomic E-state index is 12.4. The Kier molecular flexibility index (Phi) is 5.81. The van der Waals surface area contributed by atoms with Crippen molar-refractivity contribution in [1.29, 1.82) is 0 Å². The van der Waals surface area contributed by atoms with Crippen LogP contribution < -0.4 is 9.44 Å². The monoisotopic (exact) mass is 410 g/mol. The molecule has 0 fully saturated rings. The Hall–Kier alpha value is -1.27. The van der Waals surface area contributed by atoms with Gasteiger partial charge in [0, 0.05) is 29.5 Å². The highest BCUT2D eigenvalue weighted by molar-refractivity contribution is 7.93. The molecule has 0 atom stereocenters. The van der Waals surface area contributed by atoms with E-state index in [2.05, 4.69) is 18.8 Å². The van der Waals surface area contributed by atoms with Crippen LogP contribution in [-0.2, 0) is 26.5 Å². The topological polar surface area (TPSA) is 118 Å². The summed E-state index contributed by atoms with van der Waals surface area (Å²) < 4.78 is 55.4. The predicted octanol–water partition coefficient (Wildman–Crippen LogP) is 1.39. The second kappa shape index (κ2) is 7.31. The Morgan fingerprint density at radius 2 is 1.96 bits per heavy atom. The average Bonchev–Trinajstić information content (AvgIpc) is 2.87. The van der Waals surface area contributed by atoms with E-state index >= 15 is 0 Å². The molecule has 0 saturated heterocycles. The largest absolute Gasteiger partial charge is 0.264 e. The Bertz CT molecular complexity index is 941. The van der Waals surface area contributed by atoms with Crippen LogP contribution in [0.1, 0.15) is 11.4 Å². The van der Waals surface area contributed by atoms with E-state index in [9.17, 15) is 16.8 Å². The lowest BCUT2D eigenvalue weighted by molar-refractivity contribution is 0.587. The van der Waals surface area contributed by atoms with E-state index in [1.165, 1.54) is 6.07 Å². The zero-order chi connectivity index (χ0) is 18.0. The molecule has 0 amide bonds. The van der Waals surface area contributed by atoms with Gasteiger partial charge in [-0.15, -0.1) is 0 Å². The molecule has 0 spiro atoms. The molecule has 12 heteroatoms. The molecular weight excluding hydrogens is 396 g/mol. The molecule has 0 saturated carbocycles. The van der Waals surface area contributed by atoms with Crippen LogP contribution in [0.4, 0.5) is 5.13 Å². The van der Waals surface area contributed by atoms with E-state index in [1.54, 1.807) is 19.1 Å². The van der Waals surface area contributed by atoms with Crippen LogP contribution in [0.5, 0.6) is 0 Å². The maximum absolute atomic E-state index is 12.4. The number of rotatable bonds is 7. The van der Waals surface area contributed by atoms with Gasteiger partial charge in [0.05, 0.1) is 11.2 Å². The third-order valence-corrected chi connectivity index (χ3v) is 6.33. The minimum atomic E-state index is -3.83. The normalized spacial score (nSPS) is 12.3. The number of halogens is 1. The van der Waals surface area contributed by atoms with E-state index in [0.29, 0.717) is 16.4 Å². The predicted molar refractivity (Wildman–Crippen MR) is 93.5 cm³/mol. The molecule has 0 aliphatic rings. The van der Waals surface area contributed by atoms with Crippen molar-refractivity contribution >= 4 is 48.3 Å². The number of aromatic nitrogens is 2. The van der Waals surface area contributed by atoms with E-state index < -0.39 is 20.0 Å². The SMILES string of the molecule is Cc1c(Cl)cccc1S(=O)(=O)Nc1nc(CCNS(C)(=O)=O)ns1. The molecule has 0 bridgehead atoms. The van der Waals surface area contributed by atoms with Crippen molar-refractivity contribution in [3.8, 4) is 0 Å². The summed E-state index contributed by atoms with van der Waals surface area (Å²) in [4.78, 5) is 4.10. The Balaban J connectivity index is 2.10. The molecule has 1 heterocycles. The first-order valence-corrected chi connectivity index (χ1v) is 11.2. The van der Waals surface area contributed by atoms with Gasteiger partial charge in [-0.05, 0) is 24.6 Å². The molecule has 1 aromatic heterocycles. The molecule has 24 heavy (non-hydrogen) atoms. The number of hydrogen-bond donors (Lipinski definition) is 2. The molecule has 0 aliphatic carbocycles. The van der Waals surface area contributed by atoms with Crippen LogP contribution >= 0.6 is 23.1 Å². The lowest BCUT2D eigenvalue weighted by Crippen LogP contribution is -2.24. The minimum Gasteiger partial charge on any atom is -0.253 e. The summed E-state index contributed by atoms with van der Waals surface area (Å²) in [5, 5.41) is 0.450. The van der Waals surface area contributed by atoms with Crippen LogP contribution in [0.2, 0.25) is 5.02 Å². The average molecular weight is 411 g/mol. The van der Waals surface area contributed by atoms with E-state index in [1.807, 2.05) is 0 Å². The Morgan fingerprint density at radius 1 is 1.25 bits per heavy atom. The quantitative estimate of drug-likeness (QED) is 0.712. The van der Waals surface area contributed by atoms with Gasteiger partial charge >= 0.3 is 0 Å². The lowest BCUT2D eigenvalue weighted by atomic mass is 10.2. The first-order valence-electron chi connectivity index (χ1n) is 6.63. The summed E-state index contributed by atoms with van der Waals surface area (Å²) in [7, 11) is -7.12. The Labute approximate surface area is 149 Å². The summed E-state index contributed by atoms with van der Waals surface area (Å²) in [5.41, 5.74) is 0.439. The fourth-order valence-corrected chi connectivity index (χ4v) is 4.60. The van der Waals surface area contributed by atoms with Crippen molar-refractivity contribution in [2.24, 2.45) is 0 Å². The molecule has 2 N–H and O–H groups in total. The number of anilines is 1. The highest BCUT2D eigenvalue weighted by atomic mass is 35.5. The Morgan fingerprint density at radius 3 is 2.62 bits per heavy atom. The third kappa shape index (κ3) is 5.11. The fourth-order valence-electron chi connectivity index (χ4n) is 1.79. The van der Waals surface area contributed by atoms with Crippen molar-refractivity contribution < 1.29 is 16.8 Å². The van der Waals surface area contributed by atoms with Crippen LogP contribution in [0.25, 0.3) is 0 Å².